The summed E-state index contributed by atoms with van der Waals surface area (Å²) in [5, 5.41) is 5.63. The molecule has 25 heavy (non-hydrogen) atoms. The first-order chi connectivity index (χ1) is 12.0. The second-order valence-electron chi connectivity index (χ2n) is 5.92. The second-order valence-corrected chi connectivity index (χ2v) is 5.92. The molecule has 0 aliphatic carbocycles. The number of carbonyl (C=O) groups excluding carboxylic acids is 2. The molecule has 1 aliphatic rings. The molecule has 2 N–H and O–H groups in total. The van der Waals surface area contributed by atoms with Gasteiger partial charge in [0.2, 0.25) is 5.91 Å². The van der Waals surface area contributed by atoms with E-state index in [1.807, 2.05) is 43.3 Å². The smallest absolute Gasteiger partial charge is 0.262 e. The fourth-order valence-corrected chi connectivity index (χ4v) is 2.70. The number of aryl methyl sites for hydroxylation is 2. The molecule has 6 heteroatoms. The molecule has 0 aromatic heterocycles. The lowest BCUT2D eigenvalue weighted by Gasteiger charge is -2.21. The highest BCUT2D eigenvalue weighted by atomic mass is 16.5. The van der Waals surface area contributed by atoms with Crippen LogP contribution in [0.1, 0.15) is 17.5 Å². The van der Waals surface area contributed by atoms with Crippen molar-refractivity contribution in [2.24, 2.45) is 0 Å². The van der Waals surface area contributed by atoms with E-state index in [0.717, 1.165) is 16.9 Å². The monoisotopic (exact) mass is 340 g/mol. The maximum absolute atomic E-state index is 12.3. The van der Waals surface area contributed by atoms with E-state index in [1.54, 1.807) is 7.11 Å². The molecule has 0 spiro atoms. The standard InChI is InChI=1S/C19H20N2O4/c1-12-9-15(19-16(10-12)21-18(23)11-25-19)20-17(22)8-5-13-3-6-14(24-2)7-4-13/h3-4,6-7,9-10H,5,8,11H2,1-2H3,(H,20,22)(H,21,23). The van der Waals surface area contributed by atoms with Crippen LogP contribution < -0.4 is 20.1 Å². The van der Waals surface area contributed by atoms with Gasteiger partial charge in [-0.1, -0.05) is 12.1 Å². The zero-order valence-electron chi connectivity index (χ0n) is 14.2. The van der Waals surface area contributed by atoms with Gasteiger partial charge < -0.3 is 20.1 Å². The predicted octanol–water partition coefficient (Wildman–Crippen LogP) is 2.91. The molecule has 130 valence electrons. The minimum Gasteiger partial charge on any atom is -0.497 e. The van der Waals surface area contributed by atoms with Crippen molar-refractivity contribution in [3.63, 3.8) is 0 Å². The zero-order chi connectivity index (χ0) is 17.8. The number of benzene rings is 2. The van der Waals surface area contributed by atoms with Crippen molar-refractivity contribution in [2.75, 3.05) is 24.4 Å². The molecule has 0 fully saturated rings. The molecular formula is C19H20N2O4. The van der Waals surface area contributed by atoms with Crippen molar-refractivity contribution in [3.8, 4) is 11.5 Å². The quantitative estimate of drug-likeness (QED) is 0.877. The SMILES string of the molecule is COc1ccc(CCC(=O)Nc2cc(C)cc3c2OCC(=O)N3)cc1. The van der Waals surface area contributed by atoms with Crippen LogP contribution in [0.25, 0.3) is 0 Å². The molecular weight excluding hydrogens is 320 g/mol. The molecule has 0 saturated heterocycles. The predicted molar refractivity (Wildman–Crippen MR) is 95.2 cm³/mol. The number of ether oxygens (including phenoxy) is 2. The lowest BCUT2D eigenvalue weighted by molar-refractivity contribution is -0.118. The van der Waals surface area contributed by atoms with E-state index < -0.39 is 0 Å². The van der Waals surface area contributed by atoms with Crippen molar-refractivity contribution in [1.82, 2.24) is 0 Å². The summed E-state index contributed by atoms with van der Waals surface area (Å²) in [7, 11) is 1.62. The van der Waals surface area contributed by atoms with Crippen LogP contribution in [0, 0.1) is 6.92 Å². The highest BCUT2D eigenvalue weighted by Gasteiger charge is 2.20. The molecule has 1 aliphatic heterocycles. The average Bonchev–Trinajstić information content (AvgIpc) is 2.60. The third-order valence-corrected chi connectivity index (χ3v) is 3.93. The van der Waals surface area contributed by atoms with Crippen molar-refractivity contribution < 1.29 is 19.1 Å². The van der Waals surface area contributed by atoms with E-state index in [-0.39, 0.29) is 18.4 Å². The number of methoxy groups -OCH3 is 1. The van der Waals surface area contributed by atoms with Gasteiger partial charge in [0.1, 0.15) is 5.75 Å². The number of amides is 2. The molecule has 0 saturated carbocycles. The highest BCUT2D eigenvalue weighted by Crippen LogP contribution is 2.37. The van der Waals surface area contributed by atoms with Crippen LogP contribution in [0.15, 0.2) is 36.4 Å². The summed E-state index contributed by atoms with van der Waals surface area (Å²) in [5.74, 6) is 0.987. The van der Waals surface area contributed by atoms with Gasteiger partial charge in [-0.2, -0.15) is 0 Å². The Labute approximate surface area is 146 Å². The van der Waals surface area contributed by atoms with Crippen LogP contribution >= 0.6 is 0 Å². The van der Waals surface area contributed by atoms with Gasteiger partial charge in [0.25, 0.3) is 5.91 Å². The third-order valence-electron chi connectivity index (χ3n) is 3.93. The van der Waals surface area contributed by atoms with Gasteiger partial charge in [-0.3, -0.25) is 9.59 Å². The number of fused-ring (bicyclic) bond motifs is 1. The summed E-state index contributed by atoms with van der Waals surface area (Å²) in [6, 6.07) is 11.3. The highest BCUT2D eigenvalue weighted by molar-refractivity contribution is 6.00. The fraction of sp³-hybridized carbons (Fsp3) is 0.263. The summed E-state index contributed by atoms with van der Waals surface area (Å²) in [6.45, 7) is 1.85. The van der Waals surface area contributed by atoms with Crippen molar-refractivity contribution >= 4 is 23.2 Å². The Bertz CT molecular complexity index is 800. The van der Waals surface area contributed by atoms with Gasteiger partial charge in [0.15, 0.2) is 12.4 Å². The molecule has 0 unspecified atom stereocenters. The number of hydrogen-bond donors (Lipinski definition) is 2. The lowest BCUT2D eigenvalue weighted by atomic mass is 10.1. The van der Waals surface area contributed by atoms with Crippen LogP contribution in [0.2, 0.25) is 0 Å². The minimum absolute atomic E-state index is 0.0508. The van der Waals surface area contributed by atoms with Crippen LogP contribution in [0.5, 0.6) is 11.5 Å². The van der Waals surface area contributed by atoms with E-state index in [4.69, 9.17) is 9.47 Å². The van der Waals surface area contributed by atoms with Gasteiger partial charge >= 0.3 is 0 Å². The molecule has 2 amide bonds. The Morgan fingerprint density at radius 1 is 1.28 bits per heavy atom. The van der Waals surface area contributed by atoms with Crippen molar-refractivity contribution in [2.45, 2.75) is 19.8 Å². The first-order valence-corrected chi connectivity index (χ1v) is 8.05. The molecule has 0 atom stereocenters. The van der Waals surface area contributed by atoms with Gasteiger partial charge in [0, 0.05) is 6.42 Å². The van der Waals surface area contributed by atoms with E-state index >= 15 is 0 Å². The van der Waals surface area contributed by atoms with Crippen molar-refractivity contribution in [1.29, 1.82) is 0 Å². The van der Waals surface area contributed by atoms with Gasteiger partial charge in [-0.15, -0.1) is 0 Å². The molecule has 1 heterocycles. The molecule has 2 aromatic rings. The van der Waals surface area contributed by atoms with Gasteiger partial charge in [0.05, 0.1) is 18.5 Å². The first kappa shape index (κ1) is 16.8. The molecule has 0 radical (unpaired) electrons. The average molecular weight is 340 g/mol. The number of rotatable bonds is 5. The number of carbonyl (C=O) groups is 2. The summed E-state index contributed by atoms with van der Waals surface area (Å²) >= 11 is 0. The normalized spacial score (nSPS) is 12.6. The van der Waals surface area contributed by atoms with Crippen molar-refractivity contribution in [3.05, 3.63) is 47.5 Å². The summed E-state index contributed by atoms with van der Waals surface area (Å²) in [5.41, 5.74) is 3.15. The van der Waals surface area contributed by atoms with Gasteiger partial charge in [-0.25, -0.2) is 0 Å². The summed E-state index contributed by atoms with van der Waals surface area (Å²) in [4.78, 5) is 23.7. The maximum Gasteiger partial charge on any atom is 0.262 e. The minimum atomic E-state index is -0.199. The Morgan fingerprint density at radius 2 is 2.04 bits per heavy atom. The van der Waals surface area contributed by atoms with E-state index in [2.05, 4.69) is 10.6 Å². The second kappa shape index (κ2) is 7.25. The molecule has 6 nitrogen and oxygen atoms in total. The van der Waals surface area contributed by atoms with Crippen LogP contribution in [-0.2, 0) is 16.0 Å². The van der Waals surface area contributed by atoms with E-state index in [1.165, 1.54) is 0 Å². The third kappa shape index (κ3) is 4.09. The molecule has 3 rings (SSSR count). The Morgan fingerprint density at radius 3 is 2.76 bits per heavy atom. The van der Waals surface area contributed by atoms with Gasteiger partial charge in [-0.05, 0) is 48.7 Å². The molecule has 0 bridgehead atoms. The Balaban J connectivity index is 1.65. The topological polar surface area (TPSA) is 76.7 Å². The zero-order valence-corrected chi connectivity index (χ0v) is 14.2. The largest absolute Gasteiger partial charge is 0.497 e. The summed E-state index contributed by atoms with van der Waals surface area (Å²) in [6.07, 6.45) is 0.975. The van der Waals surface area contributed by atoms with E-state index in [0.29, 0.717) is 30.0 Å². The Hall–Kier alpha value is -3.02. The number of hydrogen-bond acceptors (Lipinski definition) is 4. The maximum atomic E-state index is 12.3. The lowest BCUT2D eigenvalue weighted by Crippen LogP contribution is -2.26. The molecule has 2 aromatic carbocycles. The fourth-order valence-electron chi connectivity index (χ4n) is 2.70. The first-order valence-electron chi connectivity index (χ1n) is 8.05. The number of nitrogens with one attached hydrogen (secondary N) is 2. The van der Waals surface area contributed by atoms with E-state index in [9.17, 15) is 9.59 Å². The van der Waals surface area contributed by atoms with Crippen LogP contribution in [-0.4, -0.2) is 25.5 Å². The Kier molecular flexibility index (Phi) is 4.88. The van der Waals surface area contributed by atoms with Crippen LogP contribution in [0.3, 0.4) is 0 Å². The summed E-state index contributed by atoms with van der Waals surface area (Å²) < 4.78 is 10.6. The number of anilines is 2. The van der Waals surface area contributed by atoms with Crippen LogP contribution in [0.4, 0.5) is 11.4 Å².